The van der Waals surface area contributed by atoms with Gasteiger partial charge in [0.25, 0.3) is 0 Å². The van der Waals surface area contributed by atoms with Crippen LogP contribution in [0.5, 0.6) is 11.8 Å². The number of methoxy groups -OCH3 is 1. The lowest BCUT2D eigenvalue weighted by Crippen LogP contribution is -2.38. The number of nitrogens with zero attached hydrogens (tertiary/aromatic N) is 6. The number of carbonyl (C=O) groups is 1. The molecule has 1 aliphatic rings. The molecule has 0 radical (unpaired) electrons. The first-order valence-electron chi connectivity index (χ1n) is 13.1. The topological polar surface area (TPSA) is 137 Å². The number of esters is 1. The minimum atomic E-state index is -0.506. The summed E-state index contributed by atoms with van der Waals surface area (Å²) in [6.07, 6.45) is 1.41. The molecular weight excluding hydrogens is 518 g/mol. The molecule has 10 heteroatoms. The molecule has 1 N–H and O–H groups in total. The normalized spacial score (nSPS) is 14.2. The number of nitriles is 2. The van der Waals surface area contributed by atoms with E-state index in [1.54, 1.807) is 41.3 Å². The Balaban J connectivity index is 1.50. The van der Waals surface area contributed by atoms with Crippen LogP contribution >= 0.6 is 0 Å². The Hall–Kier alpha value is -5.48. The molecule has 41 heavy (non-hydrogen) atoms. The van der Waals surface area contributed by atoms with Crippen LogP contribution in [0.1, 0.15) is 35.1 Å². The fourth-order valence-electron chi connectivity index (χ4n) is 4.83. The molecule has 1 fully saturated rings. The van der Waals surface area contributed by atoms with E-state index in [0.717, 1.165) is 28.7 Å². The smallest absolute Gasteiger partial charge is 0.328 e. The molecule has 1 aliphatic heterocycles. The van der Waals surface area contributed by atoms with E-state index in [9.17, 15) is 4.79 Å². The Morgan fingerprint density at radius 3 is 2.17 bits per heavy atom. The van der Waals surface area contributed by atoms with Crippen molar-refractivity contribution in [2.75, 3.05) is 23.9 Å². The largest absolute Gasteiger partial charge is 0.467 e. The highest BCUT2D eigenvalue weighted by atomic mass is 16.5. The highest BCUT2D eigenvalue weighted by molar-refractivity contribution is 5.80. The van der Waals surface area contributed by atoms with Crippen molar-refractivity contribution in [2.24, 2.45) is 0 Å². The number of anilines is 3. The maximum atomic E-state index is 12.5. The van der Waals surface area contributed by atoms with Crippen LogP contribution in [0.3, 0.4) is 0 Å². The number of carbonyl (C=O) groups excluding carboxylic acids is 1. The highest BCUT2D eigenvalue weighted by Gasteiger charge is 2.34. The van der Waals surface area contributed by atoms with Crippen molar-refractivity contribution in [3.05, 3.63) is 82.9 Å². The SMILES string of the molecule is COC(=O)[C@@H]1CCCN1c1nc(Nc2ccc(C#N)cc2)nc(Oc2c(C)cc(-c3ccc(C#N)cc3)cc2C)n1. The Labute approximate surface area is 237 Å². The van der Waals surface area contributed by atoms with Gasteiger partial charge < -0.3 is 19.7 Å². The first-order chi connectivity index (χ1) is 19.9. The fraction of sp³-hybridized carbons (Fsp3) is 0.226. The summed E-state index contributed by atoms with van der Waals surface area (Å²) in [7, 11) is 1.37. The molecule has 0 amide bonds. The second-order valence-electron chi connectivity index (χ2n) is 9.66. The molecule has 1 saturated heterocycles. The second kappa shape index (κ2) is 11.7. The molecule has 1 aromatic heterocycles. The molecule has 0 unspecified atom stereocenters. The molecule has 0 spiro atoms. The quantitative estimate of drug-likeness (QED) is 0.293. The van der Waals surface area contributed by atoms with Crippen LogP contribution in [0.4, 0.5) is 17.6 Å². The van der Waals surface area contributed by atoms with Gasteiger partial charge in [-0.2, -0.15) is 25.5 Å². The van der Waals surface area contributed by atoms with Gasteiger partial charge in [0.15, 0.2) is 0 Å². The van der Waals surface area contributed by atoms with Gasteiger partial charge in [-0.05, 0) is 97.5 Å². The zero-order chi connectivity index (χ0) is 28.9. The van der Waals surface area contributed by atoms with Gasteiger partial charge in [0.2, 0.25) is 11.9 Å². The fourth-order valence-corrected chi connectivity index (χ4v) is 4.83. The minimum Gasteiger partial charge on any atom is -0.467 e. The third-order valence-electron chi connectivity index (χ3n) is 6.86. The summed E-state index contributed by atoms with van der Waals surface area (Å²) >= 11 is 0. The number of hydrogen-bond donors (Lipinski definition) is 1. The summed E-state index contributed by atoms with van der Waals surface area (Å²) in [5.74, 6) is 0.783. The van der Waals surface area contributed by atoms with E-state index in [0.29, 0.717) is 41.5 Å². The van der Waals surface area contributed by atoms with Crippen LogP contribution in [0, 0.1) is 36.5 Å². The van der Waals surface area contributed by atoms with Gasteiger partial charge in [-0.1, -0.05) is 12.1 Å². The number of aryl methyl sites for hydroxylation is 2. The number of aromatic nitrogens is 3. The standard InChI is InChI=1S/C31H27N7O3/c1-19-15-24(23-10-6-21(17-32)7-11-23)16-20(2)27(19)41-31-36-29(34-25-12-8-22(18-33)9-13-25)35-30(37-31)38-14-4-5-26(38)28(39)40-3/h6-13,15-16,26H,4-5,14H2,1-3H3,(H,34,35,36,37)/t26-/m0/s1. The molecule has 2 heterocycles. The lowest BCUT2D eigenvalue weighted by molar-refractivity contribution is -0.141. The average Bonchev–Trinajstić information content (AvgIpc) is 3.49. The molecule has 10 nitrogen and oxygen atoms in total. The summed E-state index contributed by atoms with van der Waals surface area (Å²) < 4.78 is 11.3. The Morgan fingerprint density at radius 2 is 1.56 bits per heavy atom. The van der Waals surface area contributed by atoms with Crippen LogP contribution in [0.2, 0.25) is 0 Å². The molecule has 3 aromatic carbocycles. The third-order valence-corrected chi connectivity index (χ3v) is 6.86. The third kappa shape index (κ3) is 5.92. The van der Waals surface area contributed by atoms with Crippen molar-refractivity contribution >= 4 is 23.6 Å². The molecule has 4 aromatic rings. The number of ether oxygens (including phenoxy) is 2. The van der Waals surface area contributed by atoms with Gasteiger partial charge in [-0.15, -0.1) is 0 Å². The first-order valence-corrected chi connectivity index (χ1v) is 13.1. The predicted octanol–water partition coefficient (Wildman–Crippen LogP) is 5.58. The van der Waals surface area contributed by atoms with Gasteiger partial charge in [0, 0.05) is 12.2 Å². The summed E-state index contributed by atoms with van der Waals surface area (Å²) in [6, 6.07) is 22.1. The van der Waals surface area contributed by atoms with Gasteiger partial charge in [-0.3, -0.25) is 0 Å². The maximum Gasteiger partial charge on any atom is 0.328 e. The highest BCUT2D eigenvalue weighted by Crippen LogP contribution is 2.34. The summed E-state index contributed by atoms with van der Waals surface area (Å²) in [4.78, 5) is 28.0. The molecular formula is C31H27N7O3. The number of benzene rings is 3. The Morgan fingerprint density at radius 1 is 0.927 bits per heavy atom. The second-order valence-corrected chi connectivity index (χ2v) is 9.66. The molecule has 204 valence electrons. The Bertz CT molecular complexity index is 1650. The van der Waals surface area contributed by atoms with Crippen LogP contribution in [0.15, 0.2) is 60.7 Å². The van der Waals surface area contributed by atoms with E-state index in [1.165, 1.54) is 7.11 Å². The van der Waals surface area contributed by atoms with Crippen molar-refractivity contribution in [1.82, 2.24) is 15.0 Å². The molecule has 5 rings (SSSR count). The lowest BCUT2D eigenvalue weighted by atomic mass is 9.99. The number of hydrogen-bond acceptors (Lipinski definition) is 10. The number of rotatable bonds is 7. The van der Waals surface area contributed by atoms with Gasteiger partial charge in [0.1, 0.15) is 11.8 Å². The lowest BCUT2D eigenvalue weighted by Gasteiger charge is -2.23. The summed E-state index contributed by atoms with van der Waals surface area (Å²) in [6.45, 7) is 4.47. The molecule has 0 aliphatic carbocycles. The summed E-state index contributed by atoms with van der Waals surface area (Å²) in [5.41, 5.74) is 5.55. The zero-order valence-corrected chi connectivity index (χ0v) is 22.9. The zero-order valence-electron chi connectivity index (χ0n) is 22.9. The monoisotopic (exact) mass is 545 g/mol. The first kappa shape index (κ1) is 27.1. The van der Waals surface area contributed by atoms with Gasteiger partial charge in [-0.25, -0.2) is 4.79 Å². The van der Waals surface area contributed by atoms with Crippen molar-refractivity contribution in [1.29, 1.82) is 10.5 Å². The van der Waals surface area contributed by atoms with Crippen molar-refractivity contribution < 1.29 is 14.3 Å². The van der Waals surface area contributed by atoms with Crippen molar-refractivity contribution in [3.8, 4) is 35.0 Å². The van der Waals surface area contributed by atoms with Gasteiger partial charge >= 0.3 is 12.0 Å². The van der Waals surface area contributed by atoms with E-state index < -0.39 is 6.04 Å². The molecule has 0 bridgehead atoms. The maximum absolute atomic E-state index is 12.5. The van der Waals surface area contributed by atoms with E-state index in [2.05, 4.69) is 32.4 Å². The van der Waals surface area contributed by atoms with Crippen molar-refractivity contribution in [3.63, 3.8) is 0 Å². The molecule has 1 atom stereocenters. The van der Waals surface area contributed by atoms with Crippen LogP contribution in [-0.2, 0) is 9.53 Å². The Kier molecular flexibility index (Phi) is 7.75. The van der Waals surface area contributed by atoms with Crippen LogP contribution in [-0.4, -0.2) is 40.6 Å². The van der Waals surface area contributed by atoms with E-state index in [-0.39, 0.29) is 17.9 Å². The van der Waals surface area contributed by atoms with E-state index >= 15 is 0 Å². The van der Waals surface area contributed by atoms with Crippen LogP contribution < -0.4 is 15.0 Å². The van der Waals surface area contributed by atoms with E-state index in [4.69, 9.17) is 20.0 Å². The van der Waals surface area contributed by atoms with Crippen LogP contribution in [0.25, 0.3) is 11.1 Å². The van der Waals surface area contributed by atoms with E-state index in [1.807, 2.05) is 38.1 Å². The van der Waals surface area contributed by atoms with Crippen molar-refractivity contribution in [2.45, 2.75) is 32.7 Å². The minimum absolute atomic E-state index is 0.0685. The predicted molar refractivity (Wildman–Crippen MR) is 153 cm³/mol. The number of nitrogens with one attached hydrogen (secondary N) is 1. The van der Waals surface area contributed by atoms with Gasteiger partial charge in [0.05, 0.1) is 30.4 Å². The average molecular weight is 546 g/mol. The molecule has 0 saturated carbocycles. The summed E-state index contributed by atoms with van der Waals surface area (Å²) in [5, 5.41) is 21.4.